The summed E-state index contributed by atoms with van der Waals surface area (Å²) in [5.74, 6) is 0. The second-order valence-corrected chi connectivity index (χ2v) is 10.8. The van der Waals surface area contributed by atoms with Crippen LogP contribution in [0.25, 0.3) is 11.8 Å². The molecule has 8 heteroatoms. The van der Waals surface area contributed by atoms with Gasteiger partial charge in [-0.25, -0.2) is 4.99 Å². The van der Waals surface area contributed by atoms with Gasteiger partial charge in [0.15, 0.2) is 4.80 Å². The highest BCUT2D eigenvalue weighted by Gasteiger charge is 2.33. The van der Waals surface area contributed by atoms with Gasteiger partial charge >= 0.3 is 0 Å². The molecule has 172 valence electrons. The van der Waals surface area contributed by atoms with E-state index in [9.17, 15) is 14.9 Å². The van der Waals surface area contributed by atoms with Gasteiger partial charge < -0.3 is 0 Å². The summed E-state index contributed by atoms with van der Waals surface area (Å²) in [4.78, 5) is 30.5. The number of fused-ring (bicyclic) bond motifs is 3. The molecule has 1 aliphatic heterocycles. The summed E-state index contributed by atoms with van der Waals surface area (Å²) in [6, 6.07) is 22.4. The fourth-order valence-corrected chi connectivity index (χ4v) is 6.45. The van der Waals surface area contributed by atoms with E-state index in [1.807, 2.05) is 48.5 Å². The molecule has 0 fully saturated rings. The van der Waals surface area contributed by atoms with Crippen LogP contribution in [0.2, 0.25) is 0 Å². The molecule has 35 heavy (non-hydrogen) atoms. The Hall–Kier alpha value is -3.37. The number of halogens is 1. The molecule has 1 atom stereocenters. The van der Waals surface area contributed by atoms with Crippen molar-refractivity contribution in [1.29, 1.82) is 0 Å². The van der Waals surface area contributed by atoms with E-state index in [-0.39, 0.29) is 11.2 Å². The SMILES string of the molecule is O=c1/c(=C/c2cccc(I)c2)sc2n1[C@H](c1cccc([N+](=O)[O-])c1)C1=C(N=2)c2ccccc2CC1. The van der Waals surface area contributed by atoms with Crippen LogP contribution in [-0.2, 0) is 6.42 Å². The highest BCUT2D eigenvalue weighted by Crippen LogP contribution is 2.41. The predicted octanol–water partition coefficient (Wildman–Crippen LogP) is 4.83. The first-order valence-corrected chi connectivity index (χ1v) is 13.0. The van der Waals surface area contributed by atoms with E-state index in [1.54, 1.807) is 16.7 Å². The summed E-state index contributed by atoms with van der Waals surface area (Å²) in [6.45, 7) is 0. The first-order valence-electron chi connectivity index (χ1n) is 11.1. The van der Waals surface area contributed by atoms with Gasteiger partial charge in [-0.15, -0.1) is 0 Å². The van der Waals surface area contributed by atoms with Crippen LogP contribution in [0.1, 0.15) is 34.7 Å². The Kier molecular flexibility index (Phi) is 5.49. The minimum absolute atomic E-state index is 0.0128. The number of hydrogen-bond acceptors (Lipinski definition) is 5. The van der Waals surface area contributed by atoms with E-state index in [4.69, 9.17) is 4.99 Å². The zero-order valence-electron chi connectivity index (χ0n) is 18.3. The minimum Gasteiger partial charge on any atom is -0.272 e. The highest BCUT2D eigenvalue weighted by molar-refractivity contribution is 14.1. The summed E-state index contributed by atoms with van der Waals surface area (Å²) >= 11 is 3.61. The van der Waals surface area contributed by atoms with Gasteiger partial charge in [-0.3, -0.25) is 19.5 Å². The van der Waals surface area contributed by atoms with Crippen LogP contribution >= 0.6 is 33.9 Å². The van der Waals surface area contributed by atoms with Crippen LogP contribution in [0.4, 0.5) is 5.69 Å². The first kappa shape index (κ1) is 22.1. The Balaban J connectivity index is 1.64. The fourth-order valence-electron chi connectivity index (χ4n) is 4.88. The van der Waals surface area contributed by atoms with Crippen molar-refractivity contribution in [3.63, 3.8) is 0 Å². The van der Waals surface area contributed by atoms with Crippen molar-refractivity contribution in [3.8, 4) is 0 Å². The third-order valence-corrected chi connectivity index (χ3v) is 8.07. The van der Waals surface area contributed by atoms with E-state index in [0.29, 0.717) is 9.33 Å². The van der Waals surface area contributed by atoms with E-state index >= 15 is 0 Å². The number of aryl methyl sites for hydroxylation is 1. The fraction of sp³-hybridized carbons (Fsp3) is 0.111. The molecule has 2 heterocycles. The van der Waals surface area contributed by atoms with Crippen molar-refractivity contribution in [1.82, 2.24) is 4.57 Å². The third-order valence-electron chi connectivity index (χ3n) is 6.42. The van der Waals surface area contributed by atoms with Gasteiger partial charge in [0.25, 0.3) is 11.2 Å². The van der Waals surface area contributed by atoms with E-state index in [0.717, 1.165) is 44.4 Å². The molecular formula is C27H18IN3O3S. The maximum absolute atomic E-state index is 13.7. The lowest BCUT2D eigenvalue weighted by molar-refractivity contribution is -0.384. The van der Waals surface area contributed by atoms with Crippen LogP contribution in [0.15, 0.2) is 88.2 Å². The normalized spacial score (nSPS) is 16.8. The average molecular weight is 591 g/mol. The molecule has 0 unspecified atom stereocenters. The molecule has 6 rings (SSSR count). The largest absolute Gasteiger partial charge is 0.272 e. The Morgan fingerprint density at radius 2 is 1.89 bits per heavy atom. The predicted molar refractivity (Wildman–Crippen MR) is 145 cm³/mol. The van der Waals surface area contributed by atoms with Gasteiger partial charge in [0.05, 0.1) is 21.2 Å². The maximum Gasteiger partial charge on any atom is 0.271 e. The van der Waals surface area contributed by atoms with Crippen molar-refractivity contribution >= 4 is 51.4 Å². The van der Waals surface area contributed by atoms with Gasteiger partial charge in [-0.1, -0.05) is 59.9 Å². The monoisotopic (exact) mass is 591 g/mol. The van der Waals surface area contributed by atoms with Crippen molar-refractivity contribution in [2.24, 2.45) is 4.99 Å². The molecule has 0 spiro atoms. The maximum atomic E-state index is 13.7. The molecule has 0 N–H and O–H groups in total. The first-order chi connectivity index (χ1) is 17.0. The number of rotatable bonds is 3. The number of aromatic nitrogens is 1. The van der Waals surface area contributed by atoms with Gasteiger partial charge in [-0.05, 0) is 75.9 Å². The lowest BCUT2D eigenvalue weighted by Gasteiger charge is -2.30. The van der Waals surface area contributed by atoms with Crippen molar-refractivity contribution < 1.29 is 4.92 Å². The Bertz CT molecular complexity index is 1730. The molecular weight excluding hydrogens is 573 g/mol. The molecule has 1 aromatic heterocycles. The average Bonchev–Trinajstić information content (AvgIpc) is 3.17. The zero-order chi connectivity index (χ0) is 24.1. The summed E-state index contributed by atoms with van der Waals surface area (Å²) in [5.41, 5.74) is 5.76. The van der Waals surface area contributed by atoms with Gasteiger partial charge in [0.2, 0.25) is 0 Å². The van der Waals surface area contributed by atoms with Crippen LogP contribution in [-0.4, -0.2) is 9.49 Å². The number of nitro groups is 1. The molecule has 0 amide bonds. The van der Waals surface area contributed by atoms with Gasteiger partial charge in [0.1, 0.15) is 0 Å². The topological polar surface area (TPSA) is 77.5 Å². The number of benzene rings is 3. The zero-order valence-corrected chi connectivity index (χ0v) is 21.3. The van der Waals surface area contributed by atoms with Gasteiger partial charge in [-0.2, -0.15) is 0 Å². The van der Waals surface area contributed by atoms with E-state index in [2.05, 4.69) is 34.7 Å². The molecule has 6 nitrogen and oxygen atoms in total. The molecule has 0 bridgehead atoms. The molecule has 3 aromatic carbocycles. The van der Waals surface area contributed by atoms with Crippen LogP contribution in [0, 0.1) is 13.7 Å². The van der Waals surface area contributed by atoms with Crippen molar-refractivity contribution in [2.75, 3.05) is 0 Å². The van der Waals surface area contributed by atoms with E-state index < -0.39 is 11.0 Å². The second kappa shape index (κ2) is 8.69. The Morgan fingerprint density at radius 3 is 2.71 bits per heavy atom. The summed E-state index contributed by atoms with van der Waals surface area (Å²) in [7, 11) is 0. The number of non-ortho nitro benzene ring substituents is 1. The minimum atomic E-state index is -0.437. The molecule has 4 aromatic rings. The molecule has 0 saturated heterocycles. The number of hydrogen-bond donors (Lipinski definition) is 0. The van der Waals surface area contributed by atoms with Crippen LogP contribution in [0.3, 0.4) is 0 Å². The summed E-state index contributed by atoms with van der Waals surface area (Å²) in [6.07, 6.45) is 3.47. The van der Waals surface area contributed by atoms with E-state index in [1.165, 1.54) is 23.0 Å². The lowest BCUT2D eigenvalue weighted by atomic mass is 9.83. The summed E-state index contributed by atoms with van der Waals surface area (Å²) in [5, 5.41) is 11.5. The second-order valence-electron chi connectivity index (χ2n) is 8.52. The standard InChI is InChI=1S/C27H18IN3O3S/c28-19-8-3-5-16(13-19)14-23-26(32)30-25(18-7-4-9-20(15-18)31(33)34)22-12-11-17-6-1-2-10-21(17)24(22)29-27(30)35-23/h1-10,13-15,25H,11-12H2/b23-14-/t25-/m1/s1. The van der Waals surface area contributed by atoms with Crippen LogP contribution < -0.4 is 14.9 Å². The van der Waals surface area contributed by atoms with Crippen molar-refractivity contribution in [2.45, 2.75) is 18.9 Å². The number of allylic oxidation sites excluding steroid dienone is 1. The molecule has 0 saturated carbocycles. The lowest BCUT2D eigenvalue weighted by Crippen LogP contribution is -2.38. The molecule has 1 aliphatic carbocycles. The quantitative estimate of drug-likeness (QED) is 0.195. The van der Waals surface area contributed by atoms with Crippen LogP contribution in [0.5, 0.6) is 0 Å². The Morgan fingerprint density at radius 1 is 1.06 bits per heavy atom. The van der Waals surface area contributed by atoms with Gasteiger partial charge in [0, 0.05) is 21.3 Å². The van der Waals surface area contributed by atoms with Crippen molar-refractivity contribution in [3.05, 3.63) is 134 Å². The highest BCUT2D eigenvalue weighted by atomic mass is 127. The summed E-state index contributed by atoms with van der Waals surface area (Å²) < 4.78 is 3.40. The molecule has 2 aliphatic rings. The Labute approximate surface area is 217 Å². The smallest absolute Gasteiger partial charge is 0.271 e. The number of thiazole rings is 1. The third kappa shape index (κ3) is 3.86. The number of nitrogens with zero attached hydrogens (tertiary/aromatic N) is 3. The molecule has 0 radical (unpaired) electrons. The number of nitro benzene ring substituents is 1.